The zero-order valence-corrected chi connectivity index (χ0v) is 16.8. The highest BCUT2D eigenvalue weighted by Gasteiger charge is 2.20. The first-order valence-electron chi connectivity index (χ1n) is 10.3. The number of nitrogens with zero attached hydrogens (tertiary/aromatic N) is 3. The van der Waals surface area contributed by atoms with Crippen molar-refractivity contribution in [2.45, 2.75) is 19.3 Å². The Morgan fingerprint density at radius 3 is 2.57 bits per heavy atom. The second-order valence-corrected chi connectivity index (χ2v) is 7.67. The molecule has 1 saturated heterocycles. The molecule has 5 heteroatoms. The van der Waals surface area contributed by atoms with Crippen LogP contribution in [0.3, 0.4) is 0 Å². The standard InChI is InChI=1S/C25H24N4O/c26-17-21-7-4-8-23(16-21)28-25(30)22-9-10-24(27-18-22)29-13-11-20(12-14-29)15-19-5-2-1-3-6-19/h1-10,16,18,20H,11-15H2,(H,28,30). The fourth-order valence-corrected chi connectivity index (χ4v) is 3.89. The van der Waals surface area contributed by atoms with Crippen LogP contribution in [0.5, 0.6) is 0 Å². The molecule has 0 atom stereocenters. The van der Waals surface area contributed by atoms with Crippen LogP contribution in [0, 0.1) is 17.2 Å². The predicted molar refractivity (Wildman–Crippen MR) is 118 cm³/mol. The van der Waals surface area contributed by atoms with Crippen molar-refractivity contribution in [1.29, 1.82) is 5.26 Å². The van der Waals surface area contributed by atoms with Crippen molar-refractivity contribution in [2.24, 2.45) is 5.92 Å². The van der Waals surface area contributed by atoms with E-state index in [1.165, 1.54) is 5.56 Å². The zero-order chi connectivity index (χ0) is 20.8. The molecule has 2 heterocycles. The van der Waals surface area contributed by atoms with Gasteiger partial charge in [-0.05, 0) is 61.1 Å². The van der Waals surface area contributed by atoms with Crippen LogP contribution in [0.4, 0.5) is 11.5 Å². The normalized spacial score (nSPS) is 14.2. The third-order valence-corrected chi connectivity index (χ3v) is 5.57. The molecule has 1 fully saturated rings. The molecule has 1 aromatic heterocycles. The summed E-state index contributed by atoms with van der Waals surface area (Å²) in [4.78, 5) is 19.3. The number of aromatic nitrogens is 1. The largest absolute Gasteiger partial charge is 0.357 e. The number of carbonyl (C=O) groups is 1. The molecule has 150 valence electrons. The van der Waals surface area contributed by atoms with Gasteiger partial charge in [0.1, 0.15) is 5.82 Å². The van der Waals surface area contributed by atoms with Crippen LogP contribution in [0.15, 0.2) is 72.9 Å². The average Bonchev–Trinajstić information content (AvgIpc) is 2.80. The number of anilines is 2. The van der Waals surface area contributed by atoms with E-state index in [0.29, 0.717) is 22.7 Å². The summed E-state index contributed by atoms with van der Waals surface area (Å²) in [5.41, 5.74) is 3.02. The maximum Gasteiger partial charge on any atom is 0.257 e. The molecule has 0 spiro atoms. The molecule has 1 N–H and O–H groups in total. The van der Waals surface area contributed by atoms with Gasteiger partial charge in [0.25, 0.3) is 5.91 Å². The van der Waals surface area contributed by atoms with Crippen molar-refractivity contribution in [3.05, 3.63) is 89.6 Å². The number of benzene rings is 2. The van der Waals surface area contributed by atoms with E-state index in [-0.39, 0.29) is 5.91 Å². The minimum Gasteiger partial charge on any atom is -0.357 e. The molecule has 0 radical (unpaired) electrons. The van der Waals surface area contributed by atoms with Crippen molar-refractivity contribution >= 4 is 17.4 Å². The fourth-order valence-electron chi connectivity index (χ4n) is 3.89. The molecular weight excluding hydrogens is 372 g/mol. The summed E-state index contributed by atoms with van der Waals surface area (Å²) < 4.78 is 0. The van der Waals surface area contributed by atoms with Gasteiger partial charge in [0.15, 0.2) is 0 Å². The monoisotopic (exact) mass is 396 g/mol. The van der Waals surface area contributed by atoms with E-state index in [0.717, 1.165) is 38.2 Å². The molecule has 1 aliphatic rings. The van der Waals surface area contributed by atoms with Gasteiger partial charge in [0.2, 0.25) is 0 Å². The van der Waals surface area contributed by atoms with Gasteiger partial charge in [-0.15, -0.1) is 0 Å². The summed E-state index contributed by atoms with van der Waals surface area (Å²) in [5.74, 6) is 1.39. The van der Waals surface area contributed by atoms with Crippen LogP contribution in [-0.4, -0.2) is 24.0 Å². The Hall–Kier alpha value is -3.65. The van der Waals surface area contributed by atoms with E-state index in [1.54, 1.807) is 30.5 Å². The van der Waals surface area contributed by atoms with Crippen molar-refractivity contribution in [3.8, 4) is 6.07 Å². The molecule has 1 amide bonds. The van der Waals surface area contributed by atoms with E-state index >= 15 is 0 Å². The minimum atomic E-state index is -0.231. The Labute approximate surface area is 177 Å². The molecule has 1 aliphatic heterocycles. The van der Waals surface area contributed by atoms with Crippen molar-refractivity contribution in [1.82, 2.24) is 4.98 Å². The lowest BCUT2D eigenvalue weighted by molar-refractivity contribution is 0.102. The molecule has 0 unspecified atom stereocenters. The molecule has 3 aromatic rings. The van der Waals surface area contributed by atoms with Gasteiger partial charge in [0.05, 0.1) is 17.2 Å². The highest BCUT2D eigenvalue weighted by atomic mass is 16.1. The van der Waals surface area contributed by atoms with E-state index in [2.05, 4.69) is 51.6 Å². The quantitative estimate of drug-likeness (QED) is 0.681. The molecule has 2 aromatic carbocycles. The minimum absolute atomic E-state index is 0.231. The molecule has 0 bridgehead atoms. The molecule has 4 rings (SSSR count). The van der Waals surface area contributed by atoms with Gasteiger partial charge in [-0.25, -0.2) is 4.98 Å². The maximum absolute atomic E-state index is 12.5. The van der Waals surface area contributed by atoms with Crippen LogP contribution in [-0.2, 0) is 6.42 Å². The summed E-state index contributed by atoms with van der Waals surface area (Å²) in [6, 6.07) is 23.3. The summed E-state index contributed by atoms with van der Waals surface area (Å²) in [5, 5.41) is 11.8. The average molecular weight is 396 g/mol. The third-order valence-electron chi connectivity index (χ3n) is 5.57. The maximum atomic E-state index is 12.5. The van der Waals surface area contributed by atoms with Crippen LogP contribution < -0.4 is 10.2 Å². The van der Waals surface area contributed by atoms with Gasteiger partial charge in [-0.1, -0.05) is 36.4 Å². The Balaban J connectivity index is 1.32. The van der Waals surface area contributed by atoms with Crippen molar-refractivity contribution < 1.29 is 4.79 Å². The van der Waals surface area contributed by atoms with E-state index < -0.39 is 0 Å². The SMILES string of the molecule is N#Cc1cccc(NC(=O)c2ccc(N3CCC(Cc4ccccc4)CC3)nc2)c1. The van der Waals surface area contributed by atoms with Crippen LogP contribution in [0.25, 0.3) is 0 Å². The van der Waals surface area contributed by atoms with E-state index in [9.17, 15) is 4.79 Å². The first kappa shape index (κ1) is 19.7. The number of nitriles is 1. The van der Waals surface area contributed by atoms with Crippen LogP contribution >= 0.6 is 0 Å². The Morgan fingerprint density at radius 1 is 1.07 bits per heavy atom. The second kappa shape index (κ2) is 9.23. The molecule has 30 heavy (non-hydrogen) atoms. The second-order valence-electron chi connectivity index (χ2n) is 7.67. The number of pyridine rings is 1. The van der Waals surface area contributed by atoms with Gasteiger partial charge < -0.3 is 10.2 Å². The smallest absolute Gasteiger partial charge is 0.257 e. The Bertz CT molecular complexity index is 1030. The first-order chi connectivity index (χ1) is 14.7. The predicted octanol–water partition coefficient (Wildman–Crippen LogP) is 4.66. The van der Waals surface area contributed by atoms with Crippen LogP contribution in [0.2, 0.25) is 0 Å². The Morgan fingerprint density at radius 2 is 1.87 bits per heavy atom. The summed E-state index contributed by atoms with van der Waals surface area (Å²) >= 11 is 0. The third kappa shape index (κ3) is 4.84. The molecule has 0 saturated carbocycles. The van der Waals surface area contributed by atoms with Gasteiger partial charge >= 0.3 is 0 Å². The lowest BCUT2D eigenvalue weighted by Crippen LogP contribution is -2.34. The highest BCUT2D eigenvalue weighted by Crippen LogP contribution is 2.25. The first-order valence-corrected chi connectivity index (χ1v) is 10.3. The van der Waals surface area contributed by atoms with E-state index in [4.69, 9.17) is 5.26 Å². The summed E-state index contributed by atoms with van der Waals surface area (Å²) in [6.45, 7) is 1.97. The molecule has 0 aliphatic carbocycles. The van der Waals surface area contributed by atoms with Gasteiger partial charge in [-0.3, -0.25) is 4.79 Å². The number of piperidine rings is 1. The van der Waals surface area contributed by atoms with Gasteiger partial charge in [0, 0.05) is 25.0 Å². The molecule has 5 nitrogen and oxygen atoms in total. The zero-order valence-electron chi connectivity index (χ0n) is 16.8. The summed E-state index contributed by atoms with van der Waals surface area (Å²) in [6.07, 6.45) is 5.05. The fraction of sp³-hybridized carbons (Fsp3) is 0.240. The number of rotatable bonds is 5. The summed E-state index contributed by atoms with van der Waals surface area (Å²) in [7, 11) is 0. The lowest BCUT2D eigenvalue weighted by atomic mass is 9.90. The highest BCUT2D eigenvalue weighted by molar-refractivity contribution is 6.04. The number of carbonyl (C=O) groups excluding carboxylic acids is 1. The topological polar surface area (TPSA) is 69.0 Å². The van der Waals surface area contributed by atoms with Crippen LogP contribution in [0.1, 0.15) is 34.3 Å². The number of hydrogen-bond acceptors (Lipinski definition) is 4. The van der Waals surface area contributed by atoms with Crippen molar-refractivity contribution in [2.75, 3.05) is 23.3 Å². The molecular formula is C25H24N4O. The number of amides is 1. The number of hydrogen-bond donors (Lipinski definition) is 1. The number of nitrogens with one attached hydrogen (secondary N) is 1. The lowest BCUT2D eigenvalue weighted by Gasteiger charge is -2.33. The van der Waals surface area contributed by atoms with Gasteiger partial charge in [-0.2, -0.15) is 5.26 Å². The van der Waals surface area contributed by atoms with Crippen molar-refractivity contribution in [3.63, 3.8) is 0 Å². The van der Waals surface area contributed by atoms with E-state index in [1.807, 2.05) is 12.1 Å². The Kier molecular flexibility index (Phi) is 6.05.